The minimum Gasteiger partial charge on any atom is -0.466 e. The molecule has 0 bridgehead atoms. The molecule has 0 unspecified atom stereocenters. The zero-order valence-corrected chi connectivity index (χ0v) is 12.3. The van der Waals surface area contributed by atoms with Gasteiger partial charge in [0.05, 0.1) is 24.6 Å². The third kappa shape index (κ3) is 5.77. The van der Waals surface area contributed by atoms with Crippen molar-refractivity contribution in [3.8, 4) is 5.75 Å². The first-order chi connectivity index (χ1) is 10.5. The van der Waals surface area contributed by atoms with Crippen LogP contribution in [0.15, 0.2) is 6.07 Å². The van der Waals surface area contributed by atoms with E-state index >= 15 is 0 Å². The van der Waals surface area contributed by atoms with Crippen LogP contribution in [-0.2, 0) is 28.0 Å². The Bertz CT molecular complexity index is 573. The minimum absolute atomic E-state index is 0.0894. The maximum atomic E-state index is 12.9. The first kappa shape index (κ1) is 19.3. The van der Waals surface area contributed by atoms with Gasteiger partial charge in [-0.15, -0.1) is 24.8 Å². The number of alkyl halides is 7. The second-order valence-electron chi connectivity index (χ2n) is 4.11. The molecule has 0 spiro atoms. The lowest BCUT2D eigenvalue weighted by Gasteiger charge is -2.18. The van der Waals surface area contributed by atoms with Crippen molar-refractivity contribution in [3.63, 3.8) is 0 Å². The van der Waals surface area contributed by atoms with Gasteiger partial charge >= 0.3 is 18.5 Å². The van der Waals surface area contributed by atoms with E-state index in [1.807, 2.05) is 0 Å². The van der Waals surface area contributed by atoms with Crippen LogP contribution in [0.3, 0.4) is 0 Å². The summed E-state index contributed by atoms with van der Waals surface area (Å²) in [6, 6.07) is 0.834. The van der Waals surface area contributed by atoms with Crippen molar-refractivity contribution in [2.24, 2.45) is 0 Å². The Labute approximate surface area is 131 Å². The fourth-order valence-corrected chi connectivity index (χ4v) is 1.77. The Morgan fingerprint density at radius 3 is 2.30 bits per heavy atom. The van der Waals surface area contributed by atoms with E-state index in [4.69, 9.17) is 11.6 Å². The summed E-state index contributed by atoms with van der Waals surface area (Å²) in [6.45, 7) is 1.34. The number of aromatic nitrogens is 1. The van der Waals surface area contributed by atoms with Crippen LogP contribution in [0.1, 0.15) is 23.9 Å². The third-order valence-electron chi connectivity index (χ3n) is 2.37. The van der Waals surface area contributed by atoms with Crippen molar-refractivity contribution in [1.82, 2.24) is 4.98 Å². The molecular weight excluding hydrogens is 356 g/mol. The minimum atomic E-state index is -5.40. The molecule has 0 atom stereocenters. The molecule has 1 aromatic heterocycles. The molecule has 130 valence electrons. The van der Waals surface area contributed by atoms with Crippen molar-refractivity contribution in [2.75, 3.05) is 6.61 Å². The lowest BCUT2D eigenvalue weighted by atomic mass is 10.1. The summed E-state index contributed by atoms with van der Waals surface area (Å²) in [7, 11) is 0. The summed E-state index contributed by atoms with van der Waals surface area (Å²) < 4.78 is 84.0. The van der Waals surface area contributed by atoms with E-state index in [1.165, 1.54) is 6.92 Å². The SMILES string of the molecule is CCOC(=O)Cc1cc(CCl)nc(C(F)(F)F)c1OC(F)(F)F. The number of carbonyl (C=O) groups excluding carboxylic acids is 1. The summed E-state index contributed by atoms with van der Waals surface area (Å²) in [4.78, 5) is 14.4. The van der Waals surface area contributed by atoms with Crippen LogP contribution in [-0.4, -0.2) is 23.9 Å². The van der Waals surface area contributed by atoms with E-state index in [2.05, 4.69) is 14.5 Å². The van der Waals surface area contributed by atoms with Gasteiger partial charge < -0.3 is 9.47 Å². The Kier molecular flexibility index (Phi) is 6.09. The zero-order valence-electron chi connectivity index (χ0n) is 11.5. The number of ether oxygens (including phenoxy) is 2. The predicted octanol–water partition coefficient (Wildman–Crippen LogP) is 3.84. The molecule has 23 heavy (non-hydrogen) atoms. The van der Waals surface area contributed by atoms with Crippen LogP contribution >= 0.6 is 11.6 Å². The maximum Gasteiger partial charge on any atom is 0.573 e. The normalized spacial score (nSPS) is 12.2. The highest BCUT2D eigenvalue weighted by Crippen LogP contribution is 2.40. The summed E-state index contributed by atoms with van der Waals surface area (Å²) >= 11 is 5.40. The van der Waals surface area contributed by atoms with E-state index in [0.717, 1.165) is 6.07 Å². The summed E-state index contributed by atoms with van der Waals surface area (Å²) in [5.41, 5.74) is -2.93. The van der Waals surface area contributed by atoms with E-state index < -0.39 is 47.8 Å². The molecular formula is C12H10ClF6NO3. The van der Waals surface area contributed by atoms with Gasteiger partial charge in [-0.1, -0.05) is 0 Å². The number of rotatable bonds is 5. The van der Waals surface area contributed by atoms with Gasteiger partial charge in [-0.25, -0.2) is 4.98 Å². The topological polar surface area (TPSA) is 48.4 Å². The lowest BCUT2D eigenvalue weighted by Crippen LogP contribution is -2.23. The van der Waals surface area contributed by atoms with Gasteiger partial charge in [0.2, 0.25) is 0 Å². The molecule has 1 aromatic rings. The highest BCUT2D eigenvalue weighted by molar-refractivity contribution is 6.16. The van der Waals surface area contributed by atoms with Crippen molar-refractivity contribution >= 4 is 17.6 Å². The number of nitrogens with zero attached hydrogens (tertiary/aromatic N) is 1. The van der Waals surface area contributed by atoms with E-state index in [1.54, 1.807) is 0 Å². The molecule has 11 heteroatoms. The van der Waals surface area contributed by atoms with E-state index in [0.29, 0.717) is 0 Å². The maximum absolute atomic E-state index is 12.9. The van der Waals surface area contributed by atoms with Gasteiger partial charge in [0, 0.05) is 5.56 Å². The molecule has 0 aliphatic carbocycles. The Hall–Kier alpha value is -1.71. The molecule has 0 aliphatic heterocycles. The Morgan fingerprint density at radius 1 is 1.26 bits per heavy atom. The van der Waals surface area contributed by atoms with Crippen molar-refractivity contribution < 1.29 is 40.6 Å². The first-order valence-electron chi connectivity index (χ1n) is 6.05. The van der Waals surface area contributed by atoms with Gasteiger partial charge in [0.25, 0.3) is 0 Å². The van der Waals surface area contributed by atoms with Gasteiger partial charge in [-0.2, -0.15) is 13.2 Å². The number of carbonyl (C=O) groups is 1. The molecule has 0 N–H and O–H groups in total. The number of esters is 1. The van der Waals surface area contributed by atoms with Gasteiger partial charge in [-0.3, -0.25) is 4.79 Å². The van der Waals surface area contributed by atoms with Crippen molar-refractivity contribution in [2.45, 2.75) is 31.8 Å². The van der Waals surface area contributed by atoms with Gasteiger partial charge in [0.1, 0.15) is 0 Å². The highest BCUT2D eigenvalue weighted by atomic mass is 35.5. The molecule has 4 nitrogen and oxygen atoms in total. The summed E-state index contributed by atoms with van der Waals surface area (Å²) in [5, 5.41) is 0. The van der Waals surface area contributed by atoms with Crippen LogP contribution in [0.4, 0.5) is 26.3 Å². The molecule has 0 saturated carbocycles. The van der Waals surface area contributed by atoms with Gasteiger partial charge in [0.15, 0.2) is 11.4 Å². The fraction of sp³-hybridized carbons (Fsp3) is 0.500. The van der Waals surface area contributed by atoms with Crippen LogP contribution < -0.4 is 4.74 Å². The monoisotopic (exact) mass is 365 g/mol. The van der Waals surface area contributed by atoms with Crippen LogP contribution in [0.25, 0.3) is 0 Å². The summed E-state index contributed by atoms with van der Waals surface area (Å²) in [5.74, 6) is -3.10. The van der Waals surface area contributed by atoms with Crippen LogP contribution in [0.2, 0.25) is 0 Å². The highest BCUT2D eigenvalue weighted by Gasteiger charge is 2.42. The van der Waals surface area contributed by atoms with Crippen LogP contribution in [0, 0.1) is 0 Å². The molecule has 1 rings (SSSR count). The molecule has 0 saturated heterocycles. The first-order valence-corrected chi connectivity index (χ1v) is 6.58. The molecule has 0 aliphatic rings. The quantitative estimate of drug-likeness (QED) is 0.452. The van der Waals surface area contributed by atoms with E-state index in [9.17, 15) is 31.1 Å². The molecule has 0 aromatic carbocycles. The molecule has 0 radical (unpaired) electrons. The number of hydrogen-bond acceptors (Lipinski definition) is 4. The lowest BCUT2D eigenvalue weighted by molar-refractivity contribution is -0.276. The fourth-order valence-electron chi connectivity index (χ4n) is 1.63. The average molecular weight is 366 g/mol. The largest absolute Gasteiger partial charge is 0.573 e. The average Bonchev–Trinajstić information content (AvgIpc) is 2.37. The van der Waals surface area contributed by atoms with Crippen molar-refractivity contribution in [1.29, 1.82) is 0 Å². The Morgan fingerprint density at radius 2 is 1.87 bits per heavy atom. The molecule has 1 heterocycles. The van der Waals surface area contributed by atoms with Crippen LogP contribution in [0.5, 0.6) is 5.75 Å². The molecule has 0 fully saturated rings. The Balaban J connectivity index is 3.46. The second-order valence-corrected chi connectivity index (χ2v) is 4.38. The number of halogens is 7. The number of hydrogen-bond donors (Lipinski definition) is 0. The predicted molar refractivity (Wildman–Crippen MR) is 65.8 cm³/mol. The second kappa shape index (κ2) is 7.24. The van der Waals surface area contributed by atoms with Crippen molar-refractivity contribution in [3.05, 3.63) is 23.0 Å². The third-order valence-corrected chi connectivity index (χ3v) is 2.64. The molecule has 0 amide bonds. The van der Waals surface area contributed by atoms with Gasteiger partial charge in [-0.05, 0) is 13.0 Å². The smallest absolute Gasteiger partial charge is 0.466 e. The number of pyridine rings is 1. The standard InChI is InChI=1S/C12H10ClF6NO3/c1-2-22-8(21)4-6-3-7(5-13)20-10(11(14,15)16)9(6)23-12(17,18)19/h3H,2,4-5H2,1H3. The summed E-state index contributed by atoms with van der Waals surface area (Å²) in [6.07, 6.45) is -11.5. The zero-order chi connectivity index (χ0) is 17.8. The van der Waals surface area contributed by atoms with E-state index in [-0.39, 0.29) is 12.3 Å².